The Morgan fingerprint density at radius 2 is 1.86 bits per heavy atom. The highest BCUT2D eigenvalue weighted by Crippen LogP contribution is 2.47. The summed E-state index contributed by atoms with van der Waals surface area (Å²) in [7, 11) is -2.87. The van der Waals surface area contributed by atoms with Gasteiger partial charge in [-0.2, -0.15) is 9.65 Å². The Bertz CT molecular complexity index is 1180. The van der Waals surface area contributed by atoms with Crippen molar-refractivity contribution in [3.05, 3.63) is 60.4 Å². The highest BCUT2D eigenvalue weighted by molar-refractivity contribution is 7.52. The molecule has 2 aromatic rings. The summed E-state index contributed by atoms with van der Waals surface area (Å²) in [5.41, 5.74) is 5.73. The number of primary amides is 1. The number of hydrogen-bond donors (Lipinski definition) is 2. The highest BCUT2D eigenvalue weighted by atomic mass is 31.2. The first-order valence-corrected chi connectivity index (χ1v) is 13.2. The normalized spacial score (nSPS) is 26.6. The lowest BCUT2D eigenvalue weighted by atomic mass is 10.1. The Morgan fingerprint density at radius 1 is 1.16 bits per heavy atom. The predicted molar refractivity (Wildman–Crippen MR) is 128 cm³/mol. The molecule has 0 saturated carbocycles. The number of hydrogen-bond acceptors (Lipinski definition) is 9. The first-order chi connectivity index (χ1) is 17.5. The summed E-state index contributed by atoms with van der Waals surface area (Å²) >= 11 is 0. The fraction of sp³-hybridized carbons (Fsp3) is 0.458. The SMILES string of the molecule is COC(=O)[C@H](C)NP(=O)(OCC1OC([n+]2cccc(C(N)=O)c2)C2OC(C)(C)OC12)Oc1ccccc1. The molecule has 0 radical (unpaired) electrons. The number of methoxy groups -OCH3 is 1. The van der Waals surface area contributed by atoms with Gasteiger partial charge in [-0.1, -0.05) is 18.2 Å². The molecule has 2 aliphatic rings. The summed E-state index contributed by atoms with van der Waals surface area (Å²) in [4.78, 5) is 23.7. The minimum atomic E-state index is -4.09. The Labute approximate surface area is 214 Å². The van der Waals surface area contributed by atoms with E-state index < -0.39 is 56.0 Å². The van der Waals surface area contributed by atoms with Crippen LogP contribution in [0, 0.1) is 0 Å². The first-order valence-electron chi connectivity index (χ1n) is 11.7. The molecule has 12 nitrogen and oxygen atoms in total. The standard InChI is InChI=1S/C24H30N3O9P/c1-15(23(29)31-4)26-37(30,36-17-10-6-5-7-11-17)32-14-18-19-20(35-24(2,3)34-19)22(33-18)27-12-8-9-16(13-27)21(25)28/h5-13,15,18-20,22H,14H2,1-4H3,(H2-,25,26,28,30)/p+1/t15-,18?,19?,20?,22?,37?/m0/s1. The molecule has 2 fully saturated rings. The quantitative estimate of drug-likeness (QED) is 0.262. The van der Waals surface area contributed by atoms with Crippen LogP contribution >= 0.6 is 7.75 Å². The molecule has 1 aromatic carbocycles. The van der Waals surface area contributed by atoms with Crippen molar-refractivity contribution in [2.45, 2.75) is 57.1 Å². The molecule has 0 aliphatic carbocycles. The predicted octanol–water partition coefficient (Wildman–Crippen LogP) is 1.85. The van der Waals surface area contributed by atoms with Crippen LogP contribution in [0.4, 0.5) is 0 Å². The number of fused-ring (bicyclic) bond motifs is 1. The van der Waals surface area contributed by atoms with Gasteiger partial charge in [0.2, 0.25) is 0 Å². The van der Waals surface area contributed by atoms with Crippen LogP contribution in [0.15, 0.2) is 54.9 Å². The number of aromatic nitrogens is 1. The summed E-state index contributed by atoms with van der Waals surface area (Å²) in [6.07, 6.45) is 0.710. The van der Waals surface area contributed by atoms with E-state index in [1.54, 1.807) is 73.3 Å². The van der Waals surface area contributed by atoms with Gasteiger partial charge >= 0.3 is 13.7 Å². The number of ether oxygens (including phenoxy) is 4. The van der Waals surface area contributed by atoms with E-state index in [0.29, 0.717) is 5.56 Å². The number of amides is 1. The maximum Gasteiger partial charge on any atom is 0.459 e. The minimum Gasteiger partial charge on any atom is -0.468 e. The Balaban J connectivity index is 1.55. The van der Waals surface area contributed by atoms with Crippen molar-refractivity contribution in [3.63, 3.8) is 0 Å². The number of nitrogens with zero attached hydrogens (tertiary/aromatic N) is 1. The smallest absolute Gasteiger partial charge is 0.459 e. The van der Waals surface area contributed by atoms with Crippen LogP contribution < -0.4 is 19.9 Å². The first kappa shape index (κ1) is 27.2. The third-order valence-electron chi connectivity index (χ3n) is 5.81. The average molecular weight is 536 g/mol. The number of benzene rings is 1. The molecule has 3 heterocycles. The third kappa shape index (κ3) is 6.35. The molecule has 0 spiro atoms. The Hall–Kier alpha value is -2.86. The molecular weight excluding hydrogens is 505 g/mol. The molecule has 6 atom stereocenters. The summed E-state index contributed by atoms with van der Waals surface area (Å²) < 4.78 is 49.9. The summed E-state index contributed by atoms with van der Waals surface area (Å²) in [5.74, 6) is -1.87. The van der Waals surface area contributed by atoms with Gasteiger partial charge in [0, 0.05) is 6.07 Å². The molecule has 2 aliphatic heterocycles. The fourth-order valence-electron chi connectivity index (χ4n) is 4.18. The molecule has 1 amide bonds. The minimum absolute atomic E-state index is 0.224. The van der Waals surface area contributed by atoms with Gasteiger partial charge in [0.05, 0.1) is 13.7 Å². The van der Waals surface area contributed by atoms with Crippen LogP contribution in [0.3, 0.4) is 0 Å². The van der Waals surface area contributed by atoms with Gasteiger partial charge in [0.25, 0.3) is 12.1 Å². The largest absolute Gasteiger partial charge is 0.468 e. The lowest BCUT2D eigenvalue weighted by Crippen LogP contribution is -2.46. The molecule has 37 heavy (non-hydrogen) atoms. The van der Waals surface area contributed by atoms with E-state index in [1.807, 2.05) is 0 Å². The van der Waals surface area contributed by atoms with Crippen molar-refractivity contribution in [2.75, 3.05) is 13.7 Å². The molecule has 13 heteroatoms. The van der Waals surface area contributed by atoms with Crippen molar-refractivity contribution in [1.29, 1.82) is 0 Å². The maximum atomic E-state index is 13.7. The lowest BCUT2D eigenvalue weighted by molar-refractivity contribution is -0.766. The molecule has 200 valence electrons. The molecule has 0 bridgehead atoms. The van der Waals surface area contributed by atoms with E-state index in [-0.39, 0.29) is 12.4 Å². The van der Waals surface area contributed by atoms with Gasteiger partial charge in [0.1, 0.15) is 29.6 Å². The fourth-order valence-corrected chi connectivity index (χ4v) is 5.68. The van der Waals surface area contributed by atoms with Gasteiger partial charge in [-0.25, -0.2) is 4.57 Å². The van der Waals surface area contributed by atoms with Crippen LogP contribution in [0.25, 0.3) is 0 Å². The average Bonchev–Trinajstić information content (AvgIpc) is 3.35. The highest BCUT2D eigenvalue weighted by Gasteiger charge is 2.59. The Morgan fingerprint density at radius 3 is 2.54 bits per heavy atom. The van der Waals surface area contributed by atoms with Crippen molar-refractivity contribution < 1.29 is 46.7 Å². The van der Waals surface area contributed by atoms with Gasteiger partial charge in [-0.05, 0) is 39.0 Å². The summed E-state index contributed by atoms with van der Waals surface area (Å²) in [6.45, 7) is 4.80. The number of nitrogens with two attached hydrogens (primary N) is 1. The van der Waals surface area contributed by atoms with E-state index in [0.717, 1.165) is 0 Å². The zero-order valence-corrected chi connectivity index (χ0v) is 21.8. The van der Waals surface area contributed by atoms with Crippen molar-refractivity contribution in [3.8, 4) is 5.75 Å². The van der Waals surface area contributed by atoms with E-state index in [9.17, 15) is 14.2 Å². The third-order valence-corrected chi connectivity index (χ3v) is 7.45. The topological polar surface area (TPSA) is 149 Å². The number of para-hydroxylation sites is 1. The second kappa shape index (κ2) is 10.9. The summed E-state index contributed by atoms with van der Waals surface area (Å²) in [5, 5.41) is 2.61. The molecular formula is C24H31N3O9P+. The number of carbonyl (C=O) groups excluding carboxylic acids is 2. The second-order valence-electron chi connectivity index (χ2n) is 9.11. The van der Waals surface area contributed by atoms with E-state index in [2.05, 4.69) is 5.09 Å². The van der Waals surface area contributed by atoms with Crippen LogP contribution in [0.1, 0.15) is 37.4 Å². The van der Waals surface area contributed by atoms with Gasteiger partial charge in [-0.3, -0.25) is 14.1 Å². The van der Waals surface area contributed by atoms with Crippen molar-refractivity contribution in [1.82, 2.24) is 5.09 Å². The van der Waals surface area contributed by atoms with Crippen LogP contribution in [0.2, 0.25) is 0 Å². The van der Waals surface area contributed by atoms with Crippen molar-refractivity contribution in [2.24, 2.45) is 5.73 Å². The van der Waals surface area contributed by atoms with E-state index >= 15 is 0 Å². The molecule has 5 unspecified atom stereocenters. The molecule has 3 N–H and O–H groups in total. The van der Waals surface area contributed by atoms with Crippen LogP contribution in [0.5, 0.6) is 5.75 Å². The number of carbonyl (C=O) groups is 2. The van der Waals surface area contributed by atoms with Crippen LogP contribution in [-0.4, -0.2) is 55.7 Å². The number of nitrogens with one attached hydrogen (secondary N) is 1. The van der Waals surface area contributed by atoms with Crippen molar-refractivity contribution >= 4 is 19.6 Å². The summed E-state index contributed by atoms with van der Waals surface area (Å²) in [6, 6.07) is 10.7. The number of pyridine rings is 1. The number of esters is 1. The molecule has 1 aromatic heterocycles. The zero-order valence-electron chi connectivity index (χ0n) is 20.9. The van der Waals surface area contributed by atoms with Gasteiger partial charge in [-0.15, -0.1) is 0 Å². The van der Waals surface area contributed by atoms with E-state index in [4.69, 9.17) is 33.7 Å². The zero-order chi connectivity index (χ0) is 26.8. The molecule has 4 rings (SSSR count). The maximum absolute atomic E-state index is 13.7. The molecule has 2 saturated heterocycles. The van der Waals surface area contributed by atoms with Gasteiger partial charge in [0.15, 0.2) is 24.3 Å². The number of rotatable bonds is 10. The van der Waals surface area contributed by atoms with Gasteiger partial charge < -0.3 is 29.2 Å². The lowest BCUT2D eigenvalue weighted by Gasteiger charge is -2.25. The van der Waals surface area contributed by atoms with Crippen LogP contribution in [-0.2, 0) is 32.8 Å². The Kier molecular flexibility index (Phi) is 7.98. The monoisotopic (exact) mass is 536 g/mol. The second-order valence-corrected chi connectivity index (χ2v) is 10.8. The van der Waals surface area contributed by atoms with E-state index in [1.165, 1.54) is 14.0 Å².